The van der Waals surface area contributed by atoms with Crippen molar-refractivity contribution in [2.75, 3.05) is 6.54 Å². The van der Waals surface area contributed by atoms with Crippen LogP contribution in [0.3, 0.4) is 0 Å². The van der Waals surface area contributed by atoms with E-state index in [-0.39, 0.29) is 23.5 Å². The Morgan fingerprint density at radius 2 is 1.77 bits per heavy atom. The molecule has 2 aromatic rings. The van der Waals surface area contributed by atoms with Crippen LogP contribution in [0.5, 0.6) is 0 Å². The van der Waals surface area contributed by atoms with Gasteiger partial charge in [0, 0.05) is 25.3 Å². The van der Waals surface area contributed by atoms with Crippen molar-refractivity contribution in [3.05, 3.63) is 59.8 Å². The predicted octanol–water partition coefficient (Wildman–Crippen LogP) is 3.09. The number of furan rings is 1. The van der Waals surface area contributed by atoms with Crippen molar-refractivity contribution in [2.24, 2.45) is 0 Å². The van der Waals surface area contributed by atoms with Crippen molar-refractivity contribution < 1.29 is 18.4 Å². The highest BCUT2D eigenvalue weighted by atomic mass is 19.1. The third-order valence-electron chi connectivity index (χ3n) is 3.96. The summed E-state index contributed by atoms with van der Waals surface area (Å²) in [6.45, 7) is 0.348. The Bertz CT molecular complexity index is 648. The Labute approximate surface area is 127 Å². The second-order valence-electron chi connectivity index (χ2n) is 5.35. The largest absolute Gasteiger partial charge is 0.469 e. The number of halogens is 1. The maximum absolute atomic E-state index is 13.1. The van der Waals surface area contributed by atoms with E-state index in [0.717, 1.165) is 11.3 Å². The molecule has 114 valence electrons. The van der Waals surface area contributed by atoms with Crippen molar-refractivity contribution in [1.82, 2.24) is 4.90 Å². The number of hydrogen-bond donors (Lipinski definition) is 0. The lowest BCUT2D eigenvalue weighted by Gasteiger charge is -2.19. The highest BCUT2D eigenvalue weighted by molar-refractivity contribution is 6.01. The van der Waals surface area contributed by atoms with Crippen molar-refractivity contribution in [2.45, 2.75) is 25.2 Å². The third-order valence-corrected chi connectivity index (χ3v) is 3.96. The van der Waals surface area contributed by atoms with E-state index < -0.39 is 0 Å². The van der Waals surface area contributed by atoms with Crippen molar-refractivity contribution >= 4 is 11.8 Å². The zero-order valence-corrected chi connectivity index (χ0v) is 12.0. The number of imide groups is 1. The topological polar surface area (TPSA) is 50.5 Å². The summed E-state index contributed by atoms with van der Waals surface area (Å²) in [6.07, 6.45) is 2.72. The molecule has 0 radical (unpaired) electrons. The van der Waals surface area contributed by atoms with Gasteiger partial charge in [0.15, 0.2) is 0 Å². The van der Waals surface area contributed by atoms with Gasteiger partial charge < -0.3 is 4.42 Å². The van der Waals surface area contributed by atoms with Crippen molar-refractivity contribution in [3.8, 4) is 0 Å². The molecule has 0 saturated carbocycles. The Morgan fingerprint density at radius 3 is 2.36 bits per heavy atom. The lowest BCUT2D eigenvalue weighted by molar-refractivity contribution is -0.138. The molecule has 1 aliphatic heterocycles. The zero-order valence-electron chi connectivity index (χ0n) is 12.0. The van der Waals surface area contributed by atoms with Gasteiger partial charge in [0.1, 0.15) is 11.6 Å². The number of carbonyl (C=O) groups is 2. The minimum absolute atomic E-state index is 0.114. The molecule has 2 heterocycles. The summed E-state index contributed by atoms with van der Waals surface area (Å²) in [7, 11) is 0. The average Bonchev–Trinajstić information content (AvgIpc) is 3.14. The summed E-state index contributed by atoms with van der Waals surface area (Å²) < 4.78 is 18.6. The quantitative estimate of drug-likeness (QED) is 0.797. The number of likely N-dealkylation sites (tertiary alicyclic amines) is 1. The first kappa shape index (κ1) is 14.5. The molecule has 0 spiro atoms. The standard InChI is InChI=1S/C17H16FNO3/c18-13-5-3-12(4-6-13)14(15-2-1-11-22-15)9-10-19-16(20)7-8-17(19)21/h1-6,11,14H,7-10H2/t14-/m0/s1. The molecule has 1 aromatic heterocycles. The SMILES string of the molecule is O=C1CCC(=O)N1CC[C@@H](c1ccc(F)cc1)c1ccco1. The van der Waals surface area contributed by atoms with E-state index in [9.17, 15) is 14.0 Å². The molecule has 1 aromatic carbocycles. The van der Waals surface area contributed by atoms with E-state index >= 15 is 0 Å². The molecule has 4 nitrogen and oxygen atoms in total. The summed E-state index contributed by atoms with van der Waals surface area (Å²) in [4.78, 5) is 24.7. The maximum Gasteiger partial charge on any atom is 0.229 e. The summed E-state index contributed by atoms with van der Waals surface area (Å²) in [6, 6.07) is 9.85. The Hall–Kier alpha value is -2.43. The molecule has 0 N–H and O–H groups in total. The van der Waals surface area contributed by atoms with Gasteiger partial charge in [0.05, 0.1) is 6.26 Å². The molecule has 2 amide bonds. The molecular weight excluding hydrogens is 285 g/mol. The Kier molecular flexibility index (Phi) is 4.04. The first-order valence-electron chi connectivity index (χ1n) is 7.27. The van der Waals surface area contributed by atoms with Gasteiger partial charge in [-0.25, -0.2) is 4.39 Å². The fourth-order valence-corrected chi connectivity index (χ4v) is 2.79. The van der Waals surface area contributed by atoms with Crippen LogP contribution in [0.1, 0.15) is 36.5 Å². The van der Waals surface area contributed by atoms with Gasteiger partial charge in [-0.05, 0) is 36.2 Å². The van der Waals surface area contributed by atoms with Gasteiger partial charge in [-0.3, -0.25) is 14.5 Å². The van der Waals surface area contributed by atoms with Gasteiger partial charge in [0.25, 0.3) is 0 Å². The number of amides is 2. The van der Waals surface area contributed by atoms with Crippen LogP contribution in [0.4, 0.5) is 4.39 Å². The molecule has 1 atom stereocenters. The number of nitrogens with zero attached hydrogens (tertiary/aromatic N) is 1. The van der Waals surface area contributed by atoms with E-state index in [1.165, 1.54) is 17.0 Å². The number of rotatable bonds is 5. The van der Waals surface area contributed by atoms with Crippen LogP contribution in [-0.2, 0) is 9.59 Å². The summed E-state index contributed by atoms with van der Waals surface area (Å²) in [5, 5.41) is 0. The molecule has 0 bridgehead atoms. The van der Waals surface area contributed by atoms with E-state index in [1.54, 1.807) is 24.5 Å². The monoisotopic (exact) mass is 301 g/mol. The van der Waals surface area contributed by atoms with Gasteiger partial charge in [0.2, 0.25) is 11.8 Å². The van der Waals surface area contributed by atoms with Crippen LogP contribution in [0, 0.1) is 5.82 Å². The molecular formula is C17H16FNO3. The normalized spacial score (nSPS) is 16.3. The average molecular weight is 301 g/mol. The first-order valence-corrected chi connectivity index (χ1v) is 7.27. The van der Waals surface area contributed by atoms with E-state index in [4.69, 9.17) is 4.42 Å². The lowest BCUT2D eigenvalue weighted by atomic mass is 9.93. The second kappa shape index (κ2) is 6.13. The van der Waals surface area contributed by atoms with Gasteiger partial charge in [-0.1, -0.05) is 12.1 Å². The smallest absolute Gasteiger partial charge is 0.229 e. The molecule has 1 fully saturated rings. The first-order chi connectivity index (χ1) is 10.6. The Morgan fingerprint density at radius 1 is 1.09 bits per heavy atom. The fraction of sp³-hybridized carbons (Fsp3) is 0.294. The minimum Gasteiger partial charge on any atom is -0.469 e. The highest BCUT2D eigenvalue weighted by Crippen LogP contribution is 2.29. The molecule has 3 rings (SSSR count). The van der Waals surface area contributed by atoms with Crippen LogP contribution < -0.4 is 0 Å². The van der Waals surface area contributed by atoms with Gasteiger partial charge >= 0.3 is 0 Å². The number of hydrogen-bond acceptors (Lipinski definition) is 3. The number of carbonyl (C=O) groups excluding carboxylic acids is 2. The number of benzene rings is 1. The summed E-state index contributed by atoms with van der Waals surface area (Å²) >= 11 is 0. The van der Waals surface area contributed by atoms with E-state index in [0.29, 0.717) is 25.8 Å². The van der Waals surface area contributed by atoms with E-state index in [1.807, 2.05) is 6.07 Å². The molecule has 0 aliphatic carbocycles. The maximum atomic E-state index is 13.1. The molecule has 0 unspecified atom stereocenters. The minimum atomic E-state index is -0.299. The zero-order chi connectivity index (χ0) is 15.5. The summed E-state index contributed by atoms with van der Waals surface area (Å²) in [5.74, 6) is 0.0824. The predicted molar refractivity (Wildman–Crippen MR) is 77.5 cm³/mol. The van der Waals surface area contributed by atoms with Gasteiger partial charge in [-0.2, -0.15) is 0 Å². The van der Waals surface area contributed by atoms with Crippen LogP contribution in [0.2, 0.25) is 0 Å². The van der Waals surface area contributed by atoms with E-state index in [2.05, 4.69) is 0 Å². The van der Waals surface area contributed by atoms with Crippen molar-refractivity contribution in [3.63, 3.8) is 0 Å². The molecule has 1 aliphatic rings. The van der Waals surface area contributed by atoms with Crippen LogP contribution in [0.15, 0.2) is 47.1 Å². The Balaban J connectivity index is 1.79. The van der Waals surface area contributed by atoms with Crippen molar-refractivity contribution in [1.29, 1.82) is 0 Å². The second-order valence-corrected chi connectivity index (χ2v) is 5.35. The molecule has 1 saturated heterocycles. The summed E-state index contributed by atoms with van der Waals surface area (Å²) in [5.41, 5.74) is 0.899. The lowest BCUT2D eigenvalue weighted by Crippen LogP contribution is -2.31. The van der Waals surface area contributed by atoms with Gasteiger partial charge in [-0.15, -0.1) is 0 Å². The van der Waals surface area contributed by atoms with Crippen LogP contribution in [-0.4, -0.2) is 23.3 Å². The molecule has 5 heteroatoms. The fourth-order valence-electron chi connectivity index (χ4n) is 2.79. The highest BCUT2D eigenvalue weighted by Gasteiger charge is 2.29. The van der Waals surface area contributed by atoms with Crippen LogP contribution >= 0.6 is 0 Å². The van der Waals surface area contributed by atoms with Crippen LogP contribution in [0.25, 0.3) is 0 Å². The third kappa shape index (κ3) is 2.93. The molecule has 22 heavy (non-hydrogen) atoms.